The van der Waals surface area contributed by atoms with Crippen molar-refractivity contribution in [2.24, 2.45) is 0 Å². The van der Waals surface area contributed by atoms with Crippen molar-refractivity contribution >= 4 is 28.5 Å². The molecule has 2 aliphatic rings. The molecule has 2 aromatic carbocycles. The van der Waals surface area contributed by atoms with Gasteiger partial charge in [-0.1, -0.05) is 6.07 Å². The topological polar surface area (TPSA) is 120 Å². The number of nitrogens with zero attached hydrogens (tertiary/aromatic N) is 3. The molecule has 228 valence electrons. The number of ether oxygens (including phenoxy) is 1. The predicted octanol–water partition coefficient (Wildman–Crippen LogP) is 4.43. The van der Waals surface area contributed by atoms with Gasteiger partial charge in [0.2, 0.25) is 5.36 Å². The number of hydrogen-bond donors (Lipinski definition) is 3. The number of amides is 1. The number of fused-ring (bicyclic) bond motifs is 2. The predicted molar refractivity (Wildman–Crippen MR) is 171 cm³/mol. The van der Waals surface area contributed by atoms with Crippen molar-refractivity contribution in [2.75, 3.05) is 46.7 Å². The molecule has 2 heterocycles. The minimum absolute atomic E-state index is 0.00299. The van der Waals surface area contributed by atoms with E-state index in [0.717, 1.165) is 27.6 Å². The molecular weight excluding hydrogens is 560 g/mol. The quantitative estimate of drug-likeness (QED) is 0.105. The highest BCUT2D eigenvalue weighted by Gasteiger charge is 2.24. The summed E-state index contributed by atoms with van der Waals surface area (Å²) in [6.07, 6.45) is 0.471. The van der Waals surface area contributed by atoms with Crippen LogP contribution in [0.15, 0.2) is 65.1 Å². The van der Waals surface area contributed by atoms with Crippen LogP contribution in [0.4, 0.5) is 5.69 Å². The Hall–Kier alpha value is -5.25. The number of anilines is 1. The van der Waals surface area contributed by atoms with Crippen molar-refractivity contribution in [3.05, 3.63) is 82.7 Å². The summed E-state index contributed by atoms with van der Waals surface area (Å²) in [5, 5.41) is 24.7. The molecule has 0 saturated heterocycles. The van der Waals surface area contributed by atoms with E-state index in [0.29, 0.717) is 47.5 Å². The van der Waals surface area contributed by atoms with Crippen LogP contribution in [0, 0.1) is 6.92 Å². The summed E-state index contributed by atoms with van der Waals surface area (Å²) >= 11 is 0. The van der Waals surface area contributed by atoms with Gasteiger partial charge in [0.1, 0.15) is 25.4 Å². The Labute approximate surface area is 255 Å². The normalized spacial score (nSPS) is 11.1. The monoisotopic (exact) mass is 597 g/mol. The van der Waals surface area contributed by atoms with Gasteiger partial charge in [-0.25, -0.2) is 9.37 Å². The minimum Gasteiger partial charge on any atom is -0.494 e. The first-order valence-corrected chi connectivity index (χ1v) is 14.3. The van der Waals surface area contributed by atoms with Crippen LogP contribution in [0.1, 0.15) is 32.7 Å². The Morgan fingerprint density at radius 2 is 1.75 bits per heavy atom. The Kier molecular flexibility index (Phi) is 8.35. The first-order chi connectivity index (χ1) is 21.0. The summed E-state index contributed by atoms with van der Waals surface area (Å²) < 4.78 is 15.0. The standard InChI is InChI=1S/C34H36N4O6/c1-20-16-30(39)38(33(20)41)15-7-14-35-32(40)21-8-11-24(27(17-21)34(42)43-6)31-25-12-9-22(36(2)3)18-28(25)44-29-19-23(37(4)5)10-13-26(29)31/h8-13,16-19H,7,14-15H2,1-6H3,(H2,35,40,42)/p+1. The molecule has 0 bridgehead atoms. The SMILES string of the molecule is COC(=O)c1cc(C(=O)NCCCn2c(O)cc(C)c2O)ccc1-c1c2ccc(=[N+](C)C)cc-2oc2cc(N(C)C)ccc12. The van der Waals surface area contributed by atoms with Crippen LogP contribution in [-0.4, -0.2) is 68.5 Å². The van der Waals surface area contributed by atoms with E-state index < -0.39 is 5.97 Å². The summed E-state index contributed by atoms with van der Waals surface area (Å²) in [6, 6.07) is 18.4. The van der Waals surface area contributed by atoms with Gasteiger partial charge in [0.25, 0.3) is 5.91 Å². The highest BCUT2D eigenvalue weighted by Crippen LogP contribution is 2.42. The summed E-state index contributed by atoms with van der Waals surface area (Å²) in [7, 11) is 9.15. The third-order valence-corrected chi connectivity index (χ3v) is 7.75. The number of carbonyl (C=O) groups excluding carboxylic acids is 2. The maximum absolute atomic E-state index is 13.2. The van der Waals surface area contributed by atoms with E-state index in [-0.39, 0.29) is 23.2 Å². The zero-order chi connectivity index (χ0) is 31.7. The third-order valence-electron chi connectivity index (χ3n) is 7.75. The van der Waals surface area contributed by atoms with Crippen molar-refractivity contribution in [1.82, 2.24) is 14.5 Å². The van der Waals surface area contributed by atoms with Gasteiger partial charge in [-0.3, -0.25) is 9.36 Å². The number of rotatable bonds is 8. The first-order valence-electron chi connectivity index (χ1n) is 14.3. The second-order valence-corrected chi connectivity index (χ2v) is 11.1. The van der Waals surface area contributed by atoms with Gasteiger partial charge in [0.05, 0.1) is 18.7 Å². The number of aromatic hydroxyl groups is 2. The van der Waals surface area contributed by atoms with Crippen molar-refractivity contribution in [2.45, 2.75) is 19.9 Å². The Morgan fingerprint density at radius 3 is 2.41 bits per heavy atom. The lowest BCUT2D eigenvalue weighted by atomic mass is 9.89. The van der Waals surface area contributed by atoms with Gasteiger partial charge in [0.15, 0.2) is 11.8 Å². The average Bonchev–Trinajstić information content (AvgIpc) is 3.25. The molecule has 3 N–H and O–H groups in total. The van der Waals surface area contributed by atoms with Gasteiger partial charge in [-0.15, -0.1) is 0 Å². The summed E-state index contributed by atoms with van der Waals surface area (Å²) in [5.41, 5.74) is 4.97. The van der Waals surface area contributed by atoms with Crippen molar-refractivity contribution in [3.63, 3.8) is 0 Å². The molecule has 0 unspecified atom stereocenters. The molecule has 10 nitrogen and oxygen atoms in total. The summed E-state index contributed by atoms with van der Waals surface area (Å²) in [4.78, 5) is 28.3. The highest BCUT2D eigenvalue weighted by molar-refractivity contribution is 6.09. The van der Waals surface area contributed by atoms with Gasteiger partial charge in [-0.05, 0) is 49.2 Å². The smallest absolute Gasteiger partial charge is 0.338 e. The van der Waals surface area contributed by atoms with E-state index in [1.165, 1.54) is 17.7 Å². The van der Waals surface area contributed by atoms with E-state index in [1.807, 2.05) is 74.1 Å². The van der Waals surface area contributed by atoms with Crippen LogP contribution in [0.2, 0.25) is 0 Å². The van der Waals surface area contributed by atoms with Crippen molar-refractivity contribution in [1.29, 1.82) is 0 Å². The number of esters is 1. The fourth-order valence-electron chi connectivity index (χ4n) is 5.32. The third kappa shape index (κ3) is 5.70. The van der Waals surface area contributed by atoms with Crippen LogP contribution in [0.5, 0.6) is 11.8 Å². The fraction of sp³-hybridized carbons (Fsp3) is 0.265. The van der Waals surface area contributed by atoms with Crippen LogP contribution in [0.3, 0.4) is 0 Å². The van der Waals surface area contributed by atoms with Crippen LogP contribution in [0.25, 0.3) is 33.4 Å². The molecule has 1 aliphatic carbocycles. The number of aromatic nitrogens is 1. The fourth-order valence-corrected chi connectivity index (χ4v) is 5.32. The molecule has 0 radical (unpaired) electrons. The molecule has 0 fully saturated rings. The first kappa shape index (κ1) is 30.2. The minimum atomic E-state index is -0.569. The highest BCUT2D eigenvalue weighted by atomic mass is 16.5. The second-order valence-electron chi connectivity index (χ2n) is 11.1. The number of hydrogen-bond acceptors (Lipinski definition) is 7. The summed E-state index contributed by atoms with van der Waals surface area (Å²) in [5.74, 6) is -0.309. The lowest BCUT2D eigenvalue weighted by Crippen LogP contribution is -2.25. The van der Waals surface area contributed by atoms with E-state index in [9.17, 15) is 19.8 Å². The van der Waals surface area contributed by atoms with E-state index in [2.05, 4.69) is 5.32 Å². The van der Waals surface area contributed by atoms with Gasteiger partial charge < -0.3 is 29.6 Å². The molecule has 0 spiro atoms. The Bertz CT molecular complexity index is 1930. The Balaban J connectivity index is 1.55. The van der Waals surface area contributed by atoms with E-state index >= 15 is 0 Å². The maximum atomic E-state index is 13.2. The number of nitrogens with one attached hydrogen (secondary N) is 1. The molecule has 3 aromatic rings. The van der Waals surface area contributed by atoms with Crippen LogP contribution in [-0.2, 0) is 11.3 Å². The number of benzene rings is 3. The largest absolute Gasteiger partial charge is 0.494 e. The van der Waals surface area contributed by atoms with Crippen molar-refractivity contribution < 1.29 is 29.0 Å². The Morgan fingerprint density at radius 1 is 1.00 bits per heavy atom. The summed E-state index contributed by atoms with van der Waals surface area (Å²) in [6.45, 7) is 2.32. The zero-order valence-corrected chi connectivity index (χ0v) is 25.8. The molecule has 1 aromatic heterocycles. The molecule has 1 amide bonds. The van der Waals surface area contributed by atoms with E-state index in [1.54, 1.807) is 25.1 Å². The van der Waals surface area contributed by atoms with Crippen molar-refractivity contribution in [3.8, 4) is 34.2 Å². The lowest BCUT2D eigenvalue weighted by molar-refractivity contribution is 0.0601. The number of aryl methyl sites for hydroxylation is 1. The van der Waals surface area contributed by atoms with Gasteiger partial charge in [0, 0.05) is 78.7 Å². The van der Waals surface area contributed by atoms with E-state index in [4.69, 9.17) is 9.15 Å². The maximum Gasteiger partial charge on any atom is 0.338 e. The lowest BCUT2D eigenvalue weighted by Gasteiger charge is -2.19. The molecule has 1 aliphatic heterocycles. The number of methoxy groups -OCH3 is 1. The van der Waals surface area contributed by atoms with Crippen LogP contribution < -0.4 is 20.1 Å². The molecular formula is C34H37N4O6+. The molecule has 0 saturated carbocycles. The molecule has 0 atom stereocenters. The number of carbonyl (C=O) groups is 2. The molecule has 44 heavy (non-hydrogen) atoms. The average molecular weight is 598 g/mol. The van der Waals surface area contributed by atoms with Gasteiger partial charge in [-0.2, -0.15) is 0 Å². The molecule has 10 heteroatoms. The van der Waals surface area contributed by atoms with Gasteiger partial charge >= 0.3 is 5.97 Å². The second kappa shape index (κ2) is 12.2. The van der Waals surface area contributed by atoms with Crippen LogP contribution >= 0.6 is 0 Å². The molecule has 5 rings (SSSR count). The zero-order valence-electron chi connectivity index (χ0n) is 25.8.